The number of morpholine rings is 1. The van der Waals surface area contributed by atoms with Gasteiger partial charge in [0.15, 0.2) is 6.29 Å². The zero-order valence-electron chi connectivity index (χ0n) is 8.79. The van der Waals surface area contributed by atoms with Crippen molar-refractivity contribution in [1.82, 2.24) is 16.0 Å². The Morgan fingerprint density at radius 2 is 2.40 bits per heavy atom. The lowest BCUT2D eigenvalue weighted by molar-refractivity contribution is -0.135. The Hall–Kier alpha value is -0.530. The largest absolute Gasteiger partial charge is 0.377 e. The Balaban J connectivity index is 1.91. The quantitative estimate of drug-likeness (QED) is 0.492. The second-order valence-corrected chi connectivity index (χ2v) is 3.93. The van der Waals surface area contributed by atoms with Gasteiger partial charge in [0.05, 0.1) is 26.0 Å². The third-order valence-electron chi connectivity index (χ3n) is 2.51. The molecule has 2 aliphatic rings. The number of hydrogen-bond acceptors (Lipinski definition) is 6. The molecular weight excluding hydrogens is 198 g/mol. The summed E-state index contributed by atoms with van der Waals surface area (Å²) >= 11 is 0. The molecule has 0 aromatic carbocycles. The van der Waals surface area contributed by atoms with E-state index < -0.39 is 5.85 Å². The monoisotopic (exact) mass is 215 g/mol. The van der Waals surface area contributed by atoms with E-state index >= 15 is 0 Å². The number of aldehydes is 1. The number of hydrogen-bond donors (Lipinski definition) is 3. The van der Waals surface area contributed by atoms with Crippen LogP contribution in [0.15, 0.2) is 0 Å². The maximum atomic E-state index is 11.0. The van der Waals surface area contributed by atoms with Gasteiger partial charge in [-0.15, -0.1) is 0 Å². The highest BCUT2D eigenvalue weighted by atomic mass is 16.5. The van der Waals surface area contributed by atoms with Crippen molar-refractivity contribution >= 4 is 6.29 Å². The Morgan fingerprint density at radius 1 is 1.53 bits per heavy atom. The molecule has 0 bridgehead atoms. The molecule has 0 radical (unpaired) electrons. The van der Waals surface area contributed by atoms with E-state index in [1.165, 1.54) is 0 Å². The van der Waals surface area contributed by atoms with Gasteiger partial charge in [0.25, 0.3) is 0 Å². The van der Waals surface area contributed by atoms with Crippen molar-refractivity contribution in [2.75, 3.05) is 26.4 Å². The van der Waals surface area contributed by atoms with Crippen LogP contribution in [0.3, 0.4) is 0 Å². The zero-order chi connectivity index (χ0) is 10.7. The van der Waals surface area contributed by atoms with Crippen LogP contribution in [0.25, 0.3) is 0 Å². The second kappa shape index (κ2) is 4.54. The molecule has 3 N–H and O–H groups in total. The first-order valence-corrected chi connectivity index (χ1v) is 5.21. The first kappa shape index (κ1) is 11.0. The average molecular weight is 215 g/mol. The van der Waals surface area contributed by atoms with Crippen LogP contribution >= 0.6 is 0 Å². The summed E-state index contributed by atoms with van der Waals surface area (Å²) in [6, 6.07) is 0.279. The third kappa shape index (κ3) is 2.53. The molecule has 0 spiro atoms. The molecule has 2 saturated heterocycles. The summed E-state index contributed by atoms with van der Waals surface area (Å²) in [5.74, 6) is -1.04. The van der Waals surface area contributed by atoms with Crippen molar-refractivity contribution in [2.24, 2.45) is 0 Å². The minimum absolute atomic E-state index is 0.0652. The van der Waals surface area contributed by atoms with Gasteiger partial charge >= 0.3 is 0 Å². The SMILES string of the molecule is CC1COCC(NC2(C=O)NCCO2)N1. The van der Waals surface area contributed by atoms with Crippen LogP contribution in [-0.2, 0) is 14.3 Å². The molecule has 15 heavy (non-hydrogen) atoms. The molecule has 86 valence electrons. The molecule has 0 saturated carbocycles. The molecule has 3 atom stereocenters. The Kier molecular flexibility index (Phi) is 3.32. The van der Waals surface area contributed by atoms with Gasteiger partial charge in [-0.3, -0.25) is 20.7 Å². The first-order chi connectivity index (χ1) is 7.24. The molecule has 0 aliphatic carbocycles. The number of rotatable bonds is 3. The van der Waals surface area contributed by atoms with Gasteiger partial charge in [0.2, 0.25) is 5.85 Å². The molecule has 2 fully saturated rings. The third-order valence-corrected chi connectivity index (χ3v) is 2.51. The summed E-state index contributed by atoms with van der Waals surface area (Å²) < 4.78 is 10.7. The molecule has 0 aromatic heterocycles. The van der Waals surface area contributed by atoms with Crippen LogP contribution in [0.2, 0.25) is 0 Å². The standard InChI is InChI=1S/C9H17N3O3/c1-7-4-14-5-8(11-7)12-9(6-13)10-2-3-15-9/h6-8,10-12H,2-5H2,1H3. The first-order valence-electron chi connectivity index (χ1n) is 5.21. The van der Waals surface area contributed by atoms with E-state index in [0.717, 1.165) is 6.29 Å². The normalized spacial score (nSPS) is 41.7. The van der Waals surface area contributed by atoms with Crippen molar-refractivity contribution in [2.45, 2.75) is 25.0 Å². The predicted molar refractivity (Wildman–Crippen MR) is 53.1 cm³/mol. The number of carbonyl (C=O) groups excluding carboxylic acids is 1. The van der Waals surface area contributed by atoms with Gasteiger partial charge in [0, 0.05) is 12.6 Å². The maximum absolute atomic E-state index is 11.0. The number of nitrogens with one attached hydrogen (secondary N) is 3. The van der Waals surface area contributed by atoms with E-state index in [9.17, 15) is 4.79 Å². The van der Waals surface area contributed by atoms with Crippen molar-refractivity contribution in [3.8, 4) is 0 Å². The fraction of sp³-hybridized carbons (Fsp3) is 0.889. The number of carbonyl (C=O) groups is 1. The van der Waals surface area contributed by atoms with Gasteiger partial charge in [-0.05, 0) is 6.92 Å². The minimum atomic E-state index is -1.04. The molecule has 2 aliphatic heterocycles. The maximum Gasteiger partial charge on any atom is 0.234 e. The predicted octanol–water partition coefficient (Wildman–Crippen LogP) is -1.62. The summed E-state index contributed by atoms with van der Waals surface area (Å²) in [5, 5.41) is 9.35. The van der Waals surface area contributed by atoms with Crippen molar-refractivity contribution < 1.29 is 14.3 Å². The highest BCUT2D eigenvalue weighted by molar-refractivity contribution is 5.61. The van der Waals surface area contributed by atoms with Gasteiger partial charge in [0.1, 0.15) is 0 Å². The Labute approximate surface area is 88.7 Å². The van der Waals surface area contributed by atoms with Crippen LogP contribution in [0, 0.1) is 0 Å². The molecule has 0 aromatic rings. The lowest BCUT2D eigenvalue weighted by Gasteiger charge is -2.34. The lowest BCUT2D eigenvalue weighted by atomic mass is 10.3. The molecule has 2 rings (SSSR count). The number of ether oxygens (including phenoxy) is 2. The van der Waals surface area contributed by atoms with Gasteiger partial charge in [-0.1, -0.05) is 0 Å². The van der Waals surface area contributed by atoms with E-state index in [2.05, 4.69) is 16.0 Å². The van der Waals surface area contributed by atoms with Crippen molar-refractivity contribution in [1.29, 1.82) is 0 Å². The molecule has 6 heteroatoms. The average Bonchev–Trinajstić information content (AvgIpc) is 2.67. The minimum Gasteiger partial charge on any atom is -0.377 e. The fourth-order valence-corrected chi connectivity index (χ4v) is 1.85. The molecular formula is C9H17N3O3. The molecule has 3 unspecified atom stereocenters. The summed E-state index contributed by atoms with van der Waals surface area (Å²) in [6.07, 6.45) is 0.686. The van der Waals surface area contributed by atoms with Gasteiger partial charge < -0.3 is 9.47 Å². The van der Waals surface area contributed by atoms with Crippen LogP contribution in [0.1, 0.15) is 6.92 Å². The van der Waals surface area contributed by atoms with Crippen LogP contribution in [0.4, 0.5) is 0 Å². The second-order valence-electron chi connectivity index (χ2n) is 3.93. The van der Waals surface area contributed by atoms with Gasteiger partial charge in [-0.2, -0.15) is 0 Å². The van der Waals surface area contributed by atoms with E-state index in [1.54, 1.807) is 0 Å². The summed E-state index contributed by atoms with van der Waals surface area (Å²) in [6.45, 7) is 4.47. The van der Waals surface area contributed by atoms with E-state index in [0.29, 0.717) is 26.4 Å². The van der Waals surface area contributed by atoms with Gasteiger partial charge in [-0.25, -0.2) is 0 Å². The van der Waals surface area contributed by atoms with Crippen molar-refractivity contribution in [3.05, 3.63) is 0 Å². The lowest BCUT2D eigenvalue weighted by Crippen LogP contribution is -2.66. The van der Waals surface area contributed by atoms with E-state index in [1.807, 2.05) is 6.92 Å². The Bertz CT molecular complexity index is 231. The fourth-order valence-electron chi connectivity index (χ4n) is 1.85. The molecule has 0 amide bonds. The highest BCUT2D eigenvalue weighted by Gasteiger charge is 2.37. The van der Waals surface area contributed by atoms with E-state index in [-0.39, 0.29) is 12.2 Å². The summed E-state index contributed by atoms with van der Waals surface area (Å²) in [4.78, 5) is 11.0. The summed E-state index contributed by atoms with van der Waals surface area (Å²) in [5.41, 5.74) is 0. The van der Waals surface area contributed by atoms with E-state index in [4.69, 9.17) is 9.47 Å². The zero-order valence-corrected chi connectivity index (χ0v) is 8.79. The molecule has 6 nitrogen and oxygen atoms in total. The Morgan fingerprint density at radius 3 is 3.00 bits per heavy atom. The van der Waals surface area contributed by atoms with Crippen molar-refractivity contribution in [3.63, 3.8) is 0 Å². The smallest absolute Gasteiger partial charge is 0.234 e. The summed E-state index contributed by atoms with van der Waals surface area (Å²) in [7, 11) is 0. The van der Waals surface area contributed by atoms with Crippen LogP contribution < -0.4 is 16.0 Å². The van der Waals surface area contributed by atoms with Crippen LogP contribution in [0.5, 0.6) is 0 Å². The topological polar surface area (TPSA) is 71.6 Å². The molecule has 2 heterocycles. The highest BCUT2D eigenvalue weighted by Crippen LogP contribution is 2.08. The van der Waals surface area contributed by atoms with Crippen LogP contribution in [-0.4, -0.2) is 50.7 Å².